The van der Waals surface area contributed by atoms with Gasteiger partial charge in [-0.1, -0.05) is 0 Å². The van der Waals surface area contributed by atoms with Crippen molar-refractivity contribution in [2.75, 3.05) is 33.9 Å². The van der Waals surface area contributed by atoms with Crippen LogP contribution in [-0.4, -0.2) is 51.0 Å². The zero-order chi connectivity index (χ0) is 15.4. The third-order valence-corrected chi connectivity index (χ3v) is 4.32. The quantitative estimate of drug-likeness (QED) is 0.724. The molecule has 21 heavy (non-hydrogen) atoms. The van der Waals surface area contributed by atoms with Gasteiger partial charge in [0, 0.05) is 31.1 Å². The van der Waals surface area contributed by atoms with Crippen molar-refractivity contribution in [2.24, 2.45) is 5.92 Å². The lowest BCUT2D eigenvalue weighted by Crippen LogP contribution is -2.34. The van der Waals surface area contributed by atoms with Crippen molar-refractivity contribution in [1.82, 2.24) is 10.6 Å². The molecule has 0 aromatic heterocycles. The van der Waals surface area contributed by atoms with Gasteiger partial charge in [0.2, 0.25) is 0 Å². The second-order valence-electron chi connectivity index (χ2n) is 4.89. The molecule has 116 valence electrons. The number of amides is 1. The highest BCUT2D eigenvalue weighted by molar-refractivity contribution is 9.10. The van der Waals surface area contributed by atoms with Crippen molar-refractivity contribution < 1.29 is 19.4 Å². The van der Waals surface area contributed by atoms with E-state index in [9.17, 15) is 9.90 Å². The Labute approximate surface area is 131 Å². The average Bonchev–Trinajstić information content (AvgIpc) is 2.90. The summed E-state index contributed by atoms with van der Waals surface area (Å²) in [6.07, 6.45) is -0.417. The first-order valence-electron chi connectivity index (χ1n) is 6.65. The number of aliphatic hydroxyl groups excluding tert-OH is 1. The molecule has 1 aromatic rings. The van der Waals surface area contributed by atoms with E-state index in [2.05, 4.69) is 26.6 Å². The lowest BCUT2D eigenvalue weighted by atomic mass is 10.1. The highest BCUT2D eigenvalue weighted by Crippen LogP contribution is 2.35. The number of halogens is 1. The Morgan fingerprint density at radius 1 is 1.38 bits per heavy atom. The third-order valence-electron chi connectivity index (χ3n) is 3.54. The molecule has 1 aromatic carbocycles. The molecule has 0 spiro atoms. The van der Waals surface area contributed by atoms with Gasteiger partial charge in [-0.3, -0.25) is 4.79 Å². The lowest BCUT2D eigenvalue weighted by Gasteiger charge is -2.15. The van der Waals surface area contributed by atoms with Crippen molar-refractivity contribution in [3.8, 4) is 11.5 Å². The molecular weight excluding hydrogens is 340 g/mol. The molecule has 2 atom stereocenters. The number of methoxy groups -OCH3 is 2. The molecule has 7 heteroatoms. The van der Waals surface area contributed by atoms with Gasteiger partial charge >= 0.3 is 0 Å². The van der Waals surface area contributed by atoms with E-state index in [1.807, 2.05) is 0 Å². The Balaban J connectivity index is 2.08. The molecule has 1 amide bonds. The van der Waals surface area contributed by atoms with Crippen molar-refractivity contribution >= 4 is 21.8 Å². The number of rotatable bonds is 5. The van der Waals surface area contributed by atoms with E-state index in [0.29, 0.717) is 41.2 Å². The van der Waals surface area contributed by atoms with Crippen molar-refractivity contribution in [1.29, 1.82) is 0 Å². The van der Waals surface area contributed by atoms with Gasteiger partial charge in [0.15, 0.2) is 0 Å². The second-order valence-corrected chi connectivity index (χ2v) is 5.68. The van der Waals surface area contributed by atoms with Crippen LogP contribution in [0.4, 0.5) is 0 Å². The van der Waals surface area contributed by atoms with Crippen LogP contribution in [0.5, 0.6) is 11.5 Å². The first-order chi connectivity index (χ1) is 10.1. The van der Waals surface area contributed by atoms with Gasteiger partial charge in [-0.2, -0.15) is 0 Å². The molecule has 2 rings (SSSR count). The molecule has 1 fully saturated rings. The zero-order valence-corrected chi connectivity index (χ0v) is 13.6. The standard InChI is InChI=1S/C14H19BrN2O4/c1-20-11-3-8(4-12(21-2)13(11)15)14(19)17-6-9-5-16-7-10(9)18/h3-4,9-10,16,18H,5-7H2,1-2H3,(H,17,19). The molecule has 0 radical (unpaired) electrons. The molecule has 6 nitrogen and oxygen atoms in total. The number of hydrogen-bond donors (Lipinski definition) is 3. The van der Waals surface area contributed by atoms with E-state index >= 15 is 0 Å². The lowest BCUT2D eigenvalue weighted by molar-refractivity contribution is 0.0926. The van der Waals surface area contributed by atoms with E-state index in [-0.39, 0.29) is 11.8 Å². The van der Waals surface area contributed by atoms with Crippen LogP contribution in [0.2, 0.25) is 0 Å². The van der Waals surface area contributed by atoms with Gasteiger partial charge in [-0.05, 0) is 28.1 Å². The summed E-state index contributed by atoms with van der Waals surface area (Å²) in [4.78, 5) is 12.2. The maximum Gasteiger partial charge on any atom is 0.251 e. The molecule has 1 saturated heterocycles. The number of carbonyl (C=O) groups excluding carboxylic acids is 1. The highest BCUT2D eigenvalue weighted by atomic mass is 79.9. The Kier molecular flexibility index (Phi) is 5.44. The van der Waals surface area contributed by atoms with Gasteiger partial charge in [-0.25, -0.2) is 0 Å². The smallest absolute Gasteiger partial charge is 0.251 e. The summed E-state index contributed by atoms with van der Waals surface area (Å²) in [6.45, 7) is 1.70. The fourth-order valence-corrected chi connectivity index (χ4v) is 2.81. The third kappa shape index (κ3) is 3.66. The van der Waals surface area contributed by atoms with Crippen LogP contribution in [0.15, 0.2) is 16.6 Å². The monoisotopic (exact) mass is 358 g/mol. The predicted molar refractivity (Wildman–Crippen MR) is 81.9 cm³/mol. The number of ether oxygens (including phenoxy) is 2. The van der Waals surface area contributed by atoms with E-state index < -0.39 is 6.10 Å². The summed E-state index contributed by atoms with van der Waals surface area (Å²) in [5.41, 5.74) is 0.451. The van der Waals surface area contributed by atoms with Crippen LogP contribution in [0.3, 0.4) is 0 Å². The summed E-state index contributed by atoms with van der Waals surface area (Å²) < 4.78 is 11.1. The summed E-state index contributed by atoms with van der Waals surface area (Å²) in [5.74, 6) is 0.871. The SMILES string of the molecule is COc1cc(C(=O)NCC2CNCC2O)cc(OC)c1Br. The molecule has 0 aliphatic carbocycles. The predicted octanol–water partition coefficient (Wildman–Crippen LogP) is 0.776. The summed E-state index contributed by atoms with van der Waals surface area (Å²) in [7, 11) is 3.06. The van der Waals surface area contributed by atoms with Crippen LogP contribution in [0, 0.1) is 5.92 Å². The fourth-order valence-electron chi connectivity index (χ4n) is 2.25. The molecule has 0 bridgehead atoms. The van der Waals surface area contributed by atoms with Crippen molar-refractivity contribution in [3.63, 3.8) is 0 Å². The van der Waals surface area contributed by atoms with Crippen LogP contribution in [0.1, 0.15) is 10.4 Å². The molecule has 3 N–H and O–H groups in total. The summed E-state index contributed by atoms with van der Waals surface area (Å²) in [5, 5.41) is 15.6. The van der Waals surface area contributed by atoms with E-state index in [1.165, 1.54) is 14.2 Å². The Bertz CT molecular complexity index is 499. The van der Waals surface area contributed by atoms with Gasteiger partial charge in [0.25, 0.3) is 5.91 Å². The average molecular weight is 359 g/mol. The second kappa shape index (κ2) is 7.11. The minimum absolute atomic E-state index is 0.0354. The molecule has 1 aliphatic rings. The molecular formula is C14H19BrN2O4. The molecule has 1 aliphatic heterocycles. The first kappa shape index (κ1) is 16.1. The number of nitrogens with one attached hydrogen (secondary N) is 2. The van der Waals surface area contributed by atoms with E-state index in [1.54, 1.807) is 12.1 Å². The van der Waals surface area contributed by atoms with Gasteiger partial charge in [0.1, 0.15) is 16.0 Å². The first-order valence-corrected chi connectivity index (χ1v) is 7.44. The summed E-state index contributed by atoms with van der Waals surface area (Å²) >= 11 is 3.36. The molecule has 0 saturated carbocycles. The van der Waals surface area contributed by atoms with Crippen LogP contribution < -0.4 is 20.1 Å². The topological polar surface area (TPSA) is 79.8 Å². The van der Waals surface area contributed by atoms with Gasteiger partial charge in [0.05, 0.1) is 20.3 Å². The van der Waals surface area contributed by atoms with E-state index in [0.717, 1.165) is 0 Å². The minimum Gasteiger partial charge on any atom is -0.495 e. The fraction of sp³-hybridized carbons (Fsp3) is 0.500. The number of β-amino-alcohol motifs (C(OH)–C–C–N with tert-alkyl or cyclic N) is 1. The Morgan fingerprint density at radius 3 is 2.48 bits per heavy atom. The van der Waals surface area contributed by atoms with E-state index in [4.69, 9.17) is 9.47 Å². The highest BCUT2D eigenvalue weighted by Gasteiger charge is 2.25. The van der Waals surface area contributed by atoms with Crippen LogP contribution in [-0.2, 0) is 0 Å². The number of carbonyl (C=O) groups is 1. The van der Waals surface area contributed by atoms with Crippen molar-refractivity contribution in [2.45, 2.75) is 6.10 Å². The zero-order valence-electron chi connectivity index (χ0n) is 12.0. The van der Waals surface area contributed by atoms with Crippen LogP contribution in [0.25, 0.3) is 0 Å². The Hall–Kier alpha value is -1.31. The number of hydrogen-bond acceptors (Lipinski definition) is 5. The minimum atomic E-state index is -0.417. The summed E-state index contributed by atoms with van der Waals surface area (Å²) in [6, 6.07) is 3.29. The van der Waals surface area contributed by atoms with Crippen molar-refractivity contribution in [3.05, 3.63) is 22.2 Å². The largest absolute Gasteiger partial charge is 0.495 e. The maximum atomic E-state index is 12.2. The normalized spacial score (nSPS) is 21.1. The Morgan fingerprint density at radius 2 is 2.00 bits per heavy atom. The van der Waals surface area contributed by atoms with Crippen LogP contribution >= 0.6 is 15.9 Å². The van der Waals surface area contributed by atoms with Gasteiger partial charge < -0.3 is 25.2 Å². The molecule has 2 unspecified atom stereocenters. The molecule has 1 heterocycles. The maximum absolute atomic E-state index is 12.2. The number of benzene rings is 1. The number of aliphatic hydroxyl groups is 1. The van der Waals surface area contributed by atoms with Gasteiger partial charge in [-0.15, -0.1) is 0 Å².